The van der Waals surface area contributed by atoms with E-state index in [-0.39, 0.29) is 30.4 Å². The Labute approximate surface area is 166 Å². The molecule has 28 heavy (non-hydrogen) atoms. The van der Waals surface area contributed by atoms with Crippen molar-refractivity contribution in [1.82, 2.24) is 9.80 Å². The minimum Gasteiger partial charge on any atom is -0.444 e. The van der Waals surface area contributed by atoms with E-state index in [1.807, 2.05) is 51.1 Å². The SMILES string of the molecule is CC(C)(C)OC(=O)N1CC[NH+]([C@H]2CC(=O)N(CCc3ccccc3)C2=O)CC1. The Morgan fingerprint density at radius 2 is 1.79 bits per heavy atom. The number of benzene rings is 1. The summed E-state index contributed by atoms with van der Waals surface area (Å²) in [5.74, 6) is -0.172. The van der Waals surface area contributed by atoms with Crippen LogP contribution in [0.3, 0.4) is 0 Å². The molecule has 2 heterocycles. The molecule has 7 nitrogen and oxygen atoms in total. The maximum atomic E-state index is 12.8. The number of likely N-dealkylation sites (tertiary alicyclic amines) is 1. The first kappa shape index (κ1) is 20.3. The lowest BCUT2D eigenvalue weighted by atomic mass is 10.1. The summed E-state index contributed by atoms with van der Waals surface area (Å²) in [5.41, 5.74) is 0.596. The van der Waals surface area contributed by atoms with E-state index >= 15 is 0 Å². The first-order chi connectivity index (χ1) is 13.2. The number of nitrogens with one attached hydrogen (secondary N) is 1. The molecule has 7 heteroatoms. The van der Waals surface area contributed by atoms with Crippen LogP contribution in [0, 0.1) is 0 Å². The Kier molecular flexibility index (Phi) is 6.03. The molecule has 1 N–H and O–H groups in total. The lowest BCUT2D eigenvalue weighted by Gasteiger charge is -2.35. The molecule has 0 aromatic heterocycles. The molecule has 152 valence electrons. The number of carbonyl (C=O) groups is 3. The monoisotopic (exact) mass is 388 g/mol. The second-order valence-corrected chi connectivity index (χ2v) is 8.50. The second kappa shape index (κ2) is 8.31. The van der Waals surface area contributed by atoms with Crippen molar-refractivity contribution in [2.45, 2.75) is 45.3 Å². The number of nitrogens with zero attached hydrogens (tertiary/aromatic N) is 2. The summed E-state index contributed by atoms with van der Waals surface area (Å²) in [6.07, 6.45) is 0.618. The summed E-state index contributed by atoms with van der Waals surface area (Å²) in [6, 6.07) is 9.54. The lowest BCUT2D eigenvalue weighted by Crippen LogP contribution is -3.19. The van der Waals surface area contributed by atoms with E-state index in [9.17, 15) is 14.4 Å². The Balaban J connectivity index is 1.52. The van der Waals surface area contributed by atoms with Gasteiger partial charge in [0.05, 0.1) is 32.6 Å². The van der Waals surface area contributed by atoms with Crippen LogP contribution in [0.1, 0.15) is 32.8 Å². The topological polar surface area (TPSA) is 71.4 Å². The predicted octanol–water partition coefficient (Wildman–Crippen LogP) is 0.492. The van der Waals surface area contributed by atoms with E-state index in [1.54, 1.807) is 4.90 Å². The average Bonchev–Trinajstić information content (AvgIpc) is 2.93. The van der Waals surface area contributed by atoms with Crippen molar-refractivity contribution in [3.8, 4) is 0 Å². The average molecular weight is 388 g/mol. The highest BCUT2D eigenvalue weighted by molar-refractivity contribution is 6.04. The first-order valence-corrected chi connectivity index (χ1v) is 9.95. The molecule has 3 rings (SSSR count). The van der Waals surface area contributed by atoms with E-state index in [0.29, 0.717) is 39.1 Å². The van der Waals surface area contributed by atoms with E-state index in [2.05, 4.69) is 0 Å². The standard InChI is InChI=1S/C21H29N3O4/c1-21(2,3)28-20(27)23-13-11-22(12-14-23)17-15-18(25)24(19(17)26)10-9-16-7-5-4-6-8-16/h4-8,17H,9-15H2,1-3H3/p+1/t17-/m0/s1. The van der Waals surface area contributed by atoms with Crippen molar-refractivity contribution in [2.75, 3.05) is 32.7 Å². The van der Waals surface area contributed by atoms with Crippen molar-refractivity contribution in [2.24, 2.45) is 0 Å². The number of quaternary nitrogens is 1. The van der Waals surface area contributed by atoms with E-state index < -0.39 is 5.60 Å². The number of hydrogen-bond acceptors (Lipinski definition) is 4. The van der Waals surface area contributed by atoms with Gasteiger partial charge in [-0.2, -0.15) is 0 Å². The Morgan fingerprint density at radius 3 is 2.39 bits per heavy atom. The lowest BCUT2D eigenvalue weighted by molar-refractivity contribution is -0.918. The van der Waals surface area contributed by atoms with Gasteiger partial charge in [-0.1, -0.05) is 30.3 Å². The smallest absolute Gasteiger partial charge is 0.410 e. The van der Waals surface area contributed by atoms with Crippen molar-refractivity contribution >= 4 is 17.9 Å². The van der Waals surface area contributed by atoms with Crippen LogP contribution in [0.4, 0.5) is 4.79 Å². The zero-order chi connectivity index (χ0) is 20.3. The van der Waals surface area contributed by atoms with Crippen molar-refractivity contribution in [1.29, 1.82) is 0 Å². The van der Waals surface area contributed by atoms with Gasteiger partial charge in [0.25, 0.3) is 5.91 Å². The van der Waals surface area contributed by atoms with Crippen LogP contribution in [0.5, 0.6) is 0 Å². The fourth-order valence-electron chi connectivity index (χ4n) is 3.77. The molecule has 0 radical (unpaired) electrons. The number of rotatable bonds is 4. The highest BCUT2D eigenvalue weighted by Crippen LogP contribution is 2.14. The zero-order valence-electron chi connectivity index (χ0n) is 16.9. The zero-order valence-corrected chi connectivity index (χ0v) is 16.9. The molecule has 1 atom stereocenters. The molecule has 0 aliphatic carbocycles. The molecule has 2 fully saturated rings. The second-order valence-electron chi connectivity index (χ2n) is 8.50. The van der Waals surface area contributed by atoms with Crippen LogP contribution >= 0.6 is 0 Å². The summed E-state index contributed by atoms with van der Waals surface area (Å²) < 4.78 is 5.42. The van der Waals surface area contributed by atoms with E-state index in [0.717, 1.165) is 10.5 Å². The number of imide groups is 1. The maximum absolute atomic E-state index is 12.8. The van der Waals surface area contributed by atoms with Gasteiger partial charge >= 0.3 is 6.09 Å². The minimum absolute atomic E-state index is 0.0818. The minimum atomic E-state index is -0.520. The van der Waals surface area contributed by atoms with Gasteiger partial charge in [-0.25, -0.2) is 4.79 Å². The third kappa shape index (κ3) is 4.90. The van der Waals surface area contributed by atoms with Crippen LogP contribution < -0.4 is 4.90 Å². The molecule has 2 aliphatic heterocycles. The van der Waals surface area contributed by atoms with Crippen molar-refractivity contribution in [3.63, 3.8) is 0 Å². The molecule has 3 amide bonds. The normalized spacial score (nSPS) is 21.3. The van der Waals surface area contributed by atoms with Crippen LogP contribution in [0.2, 0.25) is 0 Å². The number of piperazine rings is 1. The van der Waals surface area contributed by atoms with Crippen molar-refractivity contribution in [3.05, 3.63) is 35.9 Å². The van der Waals surface area contributed by atoms with Gasteiger partial charge in [-0.05, 0) is 32.8 Å². The van der Waals surface area contributed by atoms with Crippen LogP contribution in [0.15, 0.2) is 30.3 Å². The maximum Gasteiger partial charge on any atom is 0.410 e. The molecule has 0 saturated carbocycles. The van der Waals surface area contributed by atoms with Crippen LogP contribution in [0.25, 0.3) is 0 Å². The quantitative estimate of drug-likeness (QED) is 0.763. The third-order valence-corrected chi connectivity index (χ3v) is 5.26. The van der Waals surface area contributed by atoms with Gasteiger partial charge in [-0.3, -0.25) is 19.4 Å². The third-order valence-electron chi connectivity index (χ3n) is 5.26. The van der Waals surface area contributed by atoms with Gasteiger partial charge in [0.15, 0.2) is 6.04 Å². The van der Waals surface area contributed by atoms with Gasteiger partial charge in [0.1, 0.15) is 5.60 Å². The largest absolute Gasteiger partial charge is 0.444 e. The van der Waals surface area contributed by atoms with E-state index in [4.69, 9.17) is 4.74 Å². The molecule has 0 bridgehead atoms. The molecule has 2 aliphatic rings. The molecular weight excluding hydrogens is 358 g/mol. The molecule has 1 aromatic carbocycles. The first-order valence-electron chi connectivity index (χ1n) is 9.95. The Hall–Kier alpha value is -2.41. The van der Waals surface area contributed by atoms with Gasteiger partial charge < -0.3 is 9.64 Å². The number of ether oxygens (including phenoxy) is 1. The molecule has 1 aromatic rings. The Bertz CT molecular complexity index is 721. The molecule has 2 saturated heterocycles. The summed E-state index contributed by atoms with van der Waals surface area (Å²) in [7, 11) is 0. The Morgan fingerprint density at radius 1 is 1.14 bits per heavy atom. The fourth-order valence-corrected chi connectivity index (χ4v) is 3.77. The number of hydrogen-bond donors (Lipinski definition) is 1. The van der Waals surface area contributed by atoms with Gasteiger partial charge in [0, 0.05) is 6.54 Å². The summed E-state index contributed by atoms with van der Waals surface area (Å²) in [5, 5.41) is 0. The summed E-state index contributed by atoms with van der Waals surface area (Å²) in [6.45, 7) is 8.33. The van der Waals surface area contributed by atoms with Crippen molar-refractivity contribution < 1.29 is 24.0 Å². The fraction of sp³-hybridized carbons (Fsp3) is 0.571. The van der Waals surface area contributed by atoms with Gasteiger partial charge in [0.2, 0.25) is 5.91 Å². The number of carbonyl (C=O) groups excluding carboxylic acids is 3. The number of amides is 3. The molecular formula is C21H30N3O4+. The highest BCUT2D eigenvalue weighted by atomic mass is 16.6. The molecule has 0 unspecified atom stereocenters. The predicted molar refractivity (Wildman–Crippen MR) is 104 cm³/mol. The highest BCUT2D eigenvalue weighted by Gasteiger charge is 2.45. The summed E-state index contributed by atoms with van der Waals surface area (Å²) >= 11 is 0. The van der Waals surface area contributed by atoms with Crippen LogP contribution in [-0.4, -0.2) is 72.1 Å². The summed E-state index contributed by atoms with van der Waals surface area (Å²) in [4.78, 5) is 41.6. The van der Waals surface area contributed by atoms with Crippen LogP contribution in [-0.2, 0) is 20.7 Å². The van der Waals surface area contributed by atoms with E-state index in [1.165, 1.54) is 4.90 Å². The van der Waals surface area contributed by atoms with Gasteiger partial charge in [-0.15, -0.1) is 0 Å². The molecule has 0 spiro atoms.